The molecule has 0 spiro atoms. The summed E-state index contributed by atoms with van der Waals surface area (Å²) in [5, 5.41) is 12.0. The zero-order valence-corrected chi connectivity index (χ0v) is 17.1. The van der Waals surface area contributed by atoms with Crippen molar-refractivity contribution in [1.82, 2.24) is 14.8 Å². The highest BCUT2D eigenvalue weighted by Gasteiger charge is 2.17. The van der Waals surface area contributed by atoms with Gasteiger partial charge in [0, 0.05) is 16.9 Å². The van der Waals surface area contributed by atoms with Crippen LogP contribution in [0.25, 0.3) is 17.1 Å². The first-order chi connectivity index (χ1) is 14.6. The Morgan fingerprint density at radius 2 is 1.80 bits per heavy atom. The number of anilines is 1. The minimum atomic E-state index is -0.396. The third kappa shape index (κ3) is 4.58. The molecule has 150 valence electrons. The summed E-state index contributed by atoms with van der Waals surface area (Å²) in [6.07, 6.45) is 0. The molecule has 0 saturated carbocycles. The Labute approximate surface area is 178 Å². The summed E-state index contributed by atoms with van der Waals surface area (Å²) in [5.41, 5.74) is 3.40. The Morgan fingerprint density at radius 3 is 2.57 bits per heavy atom. The second-order valence-corrected chi connectivity index (χ2v) is 7.64. The Kier molecular flexibility index (Phi) is 5.90. The summed E-state index contributed by atoms with van der Waals surface area (Å²) in [4.78, 5) is 12.4. The summed E-state index contributed by atoms with van der Waals surface area (Å²) in [7, 11) is 0. The zero-order valence-electron chi connectivity index (χ0n) is 16.2. The molecular formula is C23H19FN4OS. The first kappa shape index (κ1) is 19.8. The monoisotopic (exact) mass is 418 g/mol. The van der Waals surface area contributed by atoms with Gasteiger partial charge >= 0.3 is 0 Å². The number of carbonyl (C=O) groups excluding carboxylic acids is 1. The number of carbonyl (C=O) groups is 1. The first-order valence-electron chi connectivity index (χ1n) is 9.36. The summed E-state index contributed by atoms with van der Waals surface area (Å²) in [5.74, 6) is 0.185. The van der Waals surface area contributed by atoms with Crippen molar-refractivity contribution < 1.29 is 9.18 Å². The molecule has 0 atom stereocenters. The fraction of sp³-hybridized carbons (Fsp3) is 0.0870. The van der Waals surface area contributed by atoms with Crippen LogP contribution in [0.2, 0.25) is 0 Å². The number of para-hydroxylation sites is 1. The van der Waals surface area contributed by atoms with Crippen molar-refractivity contribution in [2.24, 2.45) is 0 Å². The van der Waals surface area contributed by atoms with Crippen molar-refractivity contribution in [2.45, 2.75) is 12.1 Å². The van der Waals surface area contributed by atoms with Crippen LogP contribution in [0, 0.1) is 12.7 Å². The van der Waals surface area contributed by atoms with Gasteiger partial charge in [-0.15, -0.1) is 10.2 Å². The molecule has 1 aromatic heterocycles. The largest absolute Gasteiger partial charge is 0.325 e. The molecular weight excluding hydrogens is 399 g/mol. The maximum Gasteiger partial charge on any atom is 0.234 e. The number of aryl methyl sites for hydroxylation is 1. The maximum atomic E-state index is 13.3. The first-order valence-corrected chi connectivity index (χ1v) is 10.3. The molecule has 0 unspecified atom stereocenters. The van der Waals surface area contributed by atoms with Gasteiger partial charge in [0.2, 0.25) is 5.91 Å². The second-order valence-electron chi connectivity index (χ2n) is 6.69. The molecule has 5 nitrogen and oxygen atoms in total. The summed E-state index contributed by atoms with van der Waals surface area (Å²) in [6.45, 7) is 2.03. The van der Waals surface area contributed by atoms with Gasteiger partial charge in [-0.05, 0) is 43.3 Å². The molecule has 0 aliphatic carbocycles. The smallest absolute Gasteiger partial charge is 0.234 e. The van der Waals surface area contributed by atoms with Gasteiger partial charge in [-0.1, -0.05) is 59.8 Å². The molecule has 0 aliphatic heterocycles. The van der Waals surface area contributed by atoms with Gasteiger partial charge in [-0.3, -0.25) is 9.36 Å². The highest BCUT2D eigenvalue weighted by atomic mass is 32.2. The third-order valence-electron chi connectivity index (χ3n) is 4.36. The predicted molar refractivity (Wildman–Crippen MR) is 117 cm³/mol. The van der Waals surface area contributed by atoms with Crippen LogP contribution in [0.15, 0.2) is 84.0 Å². The SMILES string of the molecule is Cc1cccc(-c2nnc(SCC(=O)Nc3cccc(F)c3)n2-c2ccccc2)c1. The van der Waals surface area contributed by atoms with Gasteiger partial charge in [0.1, 0.15) is 5.82 Å². The van der Waals surface area contributed by atoms with Crippen LogP contribution in [0.5, 0.6) is 0 Å². The number of aromatic nitrogens is 3. The number of amides is 1. The molecule has 0 aliphatic rings. The maximum absolute atomic E-state index is 13.3. The molecule has 3 aromatic carbocycles. The molecule has 0 radical (unpaired) electrons. The fourth-order valence-corrected chi connectivity index (χ4v) is 3.79. The minimum Gasteiger partial charge on any atom is -0.325 e. The zero-order chi connectivity index (χ0) is 20.9. The van der Waals surface area contributed by atoms with Gasteiger partial charge in [0.15, 0.2) is 11.0 Å². The molecule has 1 amide bonds. The van der Waals surface area contributed by atoms with Crippen LogP contribution in [0.4, 0.5) is 10.1 Å². The van der Waals surface area contributed by atoms with Crippen molar-refractivity contribution in [3.63, 3.8) is 0 Å². The lowest BCUT2D eigenvalue weighted by Gasteiger charge is -2.11. The van der Waals surface area contributed by atoms with E-state index in [0.717, 1.165) is 16.8 Å². The van der Waals surface area contributed by atoms with Crippen LogP contribution in [0.1, 0.15) is 5.56 Å². The quantitative estimate of drug-likeness (QED) is 0.442. The number of nitrogens with zero attached hydrogens (tertiary/aromatic N) is 3. The van der Waals surface area contributed by atoms with E-state index in [1.807, 2.05) is 60.0 Å². The van der Waals surface area contributed by atoms with Gasteiger partial charge in [0.05, 0.1) is 5.75 Å². The number of benzene rings is 3. The third-order valence-corrected chi connectivity index (χ3v) is 5.29. The van der Waals surface area contributed by atoms with Crippen molar-refractivity contribution in [2.75, 3.05) is 11.1 Å². The standard InChI is InChI=1S/C23H19FN4OS/c1-16-7-5-8-17(13-16)22-26-27-23(28(22)20-11-3-2-4-12-20)30-15-21(29)25-19-10-6-9-18(24)14-19/h2-14H,15H2,1H3,(H,25,29). The van der Waals surface area contributed by atoms with E-state index in [2.05, 4.69) is 21.6 Å². The van der Waals surface area contributed by atoms with E-state index < -0.39 is 5.82 Å². The number of thioether (sulfide) groups is 1. The number of hydrogen-bond donors (Lipinski definition) is 1. The Balaban J connectivity index is 1.59. The molecule has 4 aromatic rings. The lowest BCUT2D eigenvalue weighted by Crippen LogP contribution is -2.14. The topological polar surface area (TPSA) is 59.8 Å². The van der Waals surface area contributed by atoms with E-state index >= 15 is 0 Å². The average Bonchev–Trinajstić information content (AvgIpc) is 3.17. The molecule has 1 heterocycles. The van der Waals surface area contributed by atoms with Crippen LogP contribution < -0.4 is 5.32 Å². The van der Waals surface area contributed by atoms with E-state index in [0.29, 0.717) is 16.7 Å². The molecule has 0 bridgehead atoms. The normalized spacial score (nSPS) is 10.7. The lowest BCUT2D eigenvalue weighted by atomic mass is 10.1. The number of nitrogens with one attached hydrogen (secondary N) is 1. The predicted octanol–water partition coefficient (Wildman–Crippen LogP) is 5.11. The average molecular weight is 418 g/mol. The van der Waals surface area contributed by atoms with Crippen molar-refractivity contribution in [3.05, 3.63) is 90.2 Å². The Morgan fingerprint density at radius 1 is 1.00 bits per heavy atom. The molecule has 7 heteroatoms. The molecule has 4 rings (SSSR count). The van der Waals surface area contributed by atoms with Gasteiger partial charge < -0.3 is 5.32 Å². The summed E-state index contributed by atoms with van der Waals surface area (Å²) < 4.78 is 15.3. The molecule has 0 saturated heterocycles. The Hall–Kier alpha value is -3.45. The number of hydrogen-bond acceptors (Lipinski definition) is 4. The molecule has 1 N–H and O–H groups in total. The lowest BCUT2D eigenvalue weighted by molar-refractivity contribution is -0.113. The van der Waals surface area contributed by atoms with Crippen LogP contribution in [-0.2, 0) is 4.79 Å². The molecule has 30 heavy (non-hydrogen) atoms. The number of halogens is 1. The highest BCUT2D eigenvalue weighted by molar-refractivity contribution is 7.99. The molecule has 0 fully saturated rings. The highest BCUT2D eigenvalue weighted by Crippen LogP contribution is 2.28. The van der Waals surface area contributed by atoms with E-state index in [9.17, 15) is 9.18 Å². The van der Waals surface area contributed by atoms with E-state index in [-0.39, 0.29) is 11.7 Å². The van der Waals surface area contributed by atoms with Crippen molar-refractivity contribution in [1.29, 1.82) is 0 Å². The van der Waals surface area contributed by atoms with Crippen LogP contribution >= 0.6 is 11.8 Å². The number of rotatable bonds is 6. The summed E-state index contributed by atoms with van der Waals surface area (Å²) in [6, 6.07) is 23.6. The second kappa shape index (κ2) is 8.92. The van der Waals surface area contributed by atoms with Gasteiger partial charge in [-0.2, -0.15) is 0 Å². The van der Waals surface area contributed by atoms with Crippen molar-refractivity contribution in [3.8, 4) is 17.1 Å². The fourth-order valence-electron chi connectivity index (χ4n) is 3.04. The van der Waals surface area contributed by atoms with E-state index in [1.54, 1.807) is 12.1 Å². The van der Waals surface area contributed by atoms with Crippen LogP contribution in [0.3, 0.4) is 0 Å². The van der Waals surface area contributed by atoms with E-state index in [4.69, 9.17) is 0 Å². The van der Waals surface area contributed by atoms with Gasteiger partial charge in [0.25, 0.3) is 0 Å². The Bertz CT molecular complexity index is 1180. The van der Waals surface area contributed by atoms with E-state index in [1.165, 1.54) is 23.9 Å². The van der Waals surface area contributed by atoms with Crippen LogP contribution in [-0.4, -0.2) is 26.4 Å². The van der Waals surface area contributed by atoms with Crippen molar-refractivity contribution >= 4 is 23.4 Å². The summed E-state index contributed by atoms with van der Waals surface area (Å²) >= 11 is 1.28. The minimum absolute atomic E-state index is 0.120. The van der Waals surface area contributed by atoms with Gasteiger partial charge in [-0.25, -0.2) is 4.39 Å².